The van der Waals surface area contributed by atoms with Crippen molar-refractivity contribution in [3.05, 3.63) is 22.8 Å². The molecule has 1 fully saturated rings. The Labute approximate surface area is 126 Å². The predicted octanol–water partition coefficient (Wildman–Crippen LogP) is 1.59. The van der Waals surface area contributed by atoms with Crippen LogP contribution in [0.5, 0.6) is 0 Å². The normalized spacial score (nSPS) is 18.1. The molecule has 0 spiro atoms. The average Bonchev–Trinajstić information content (AvgIpc) is 2.45. The van der Waals surface area contributed by atoms with Crippen molar-refractivity contribution in [1.29, 1.82) is 0 Å². The smallest absolute Gasteiger partial charge is 0.243 e. The molecule has 1 saturated heterocycles. The van der Waals surface area contributed by atoms with Gasteiger partial charge in [0.2, 0.25) is 10.0 Å². The fourth-order valence-electron chi connectivity index (χ4n) is 2.89. The van der Waals surface area contributed by atoms with Gasteiger partial charge >= 0.3 is 0 Å². The monoisotopic (exact) mass is 312 g/mol. The highest BCUT2D eigenvalue weighted by molar-refractivity contribution is 7.89. The highest BCUT2D eigenvalue weighted by Gasteiger charge is 2.32. The molecule has 0 bridgehead atoms. The first-order valence-corrected chi connectivity index (χ1v) is 8.70. The van der Waals surface area contributed by atoms with E-state index in [0.29, 0.717) is 42.1 Å². The van der Waals surface area contributed by atoms with Crippen molar-refractivity contribution in [2.45, 2.75) is 38.5 Å². The third-order valence-corrected chi connectivity index (χ3v) is 6.68. The van der Waals surface area contributed by atoms with Gasteiger partial charge in [0.15, 0.2) is 0 Å². The number of rotatable bonds is 3. The van der Waals surface area contributed by atoms with Crippen molar-refractivity contribution in [3.63, 3.8) is 0 Å². The van der Waals surface area contributed by atoms with E-state index < -0.39 is 10.0 Å². The first kappa shape index (κ1) is 16.3. The van der Waals surface area contributed by atoms with Crippen molar-refractivity contribution >= 4 is 15.7 Å². The topological polar surface area (TPSA) is 83.6 Å². The van der Waals surface area contributed by atoms with Crippen molar-refractivity contribution in [2.24, 2.45) is 5.92 Å². The summed E-state index contributed by atoms with van der Waals surface area (Å²) in [6.45, 7) is 6.51. The minimum absolute atomic E-state index is 0.128. The van der Waals surface area contributed by atoms with Gasteiger partial charge in [-0.1, -0.05) is 0 Å². The number of aryl methyl sites for hydroxylation is 1. The van der Waals surface area contributed by atoms with Crippen LogP contribution in [0.3, 0.4) is 0 Å². The molecule has 0 aliphatic carbocycles. The molecular weight excluding hydrogens is 288 g/mol. The van der Waals surface area contributed by atoms with Crippen LogP contribution in [-0.2, 0) is 10.0 Å². The molecule has 0 unspecified atom stereocenters. The second-order valence-electron chi connectivity index (χ2n) is 5.89. The number of nitrogen functional groups attached to an aromatic ring is 1. The number of benzene rings is 1. The van der Waals surface area contributed by atoms with Crippen LogP contribution in [0.1, 0.15) is 29.5 Å². The lowest BCUT2D eigenvalue weighted by atomic mass is 10.00. The lowest BCUT2D eigenvalue weighted by Crippen LogP contribution is -2.39. The average molecular weight is 312 g/mol. The van der Waals surface area contributed by atoms with Gasteiger partial charge in [-0.2, -0.15) is 4.31 Å². The second kappa shape index (κ2) is 5.94. The lowest BCUT2D eigenvalue weighted by molar-refractivity contribution is 0.170. The molecule has 118 valence electrons. The highest BCUT2D eigenvalue weighted by Crippen LogP contribution is 2.32. The Balaban J connectivity index is 2.42. The van der Waals surface area contributed by atoms with Crippen LogP contribution < -0.4 is 5.73 Å². The molecule has 0 atom stereocenters. The van der Waals surface area contributed by atoms with E-state index in [0.717, 1.165) is 11.1 Å². The van der Waals surface area contributed by atoms with E-state index in [1.165, 1.54) is 4.31 Å². The van der Waals surface area contributed by atoms with E-state index in [-0.39, 0.29) is 12.5 Å². The van der Waals surface area contributed by atoms with Crippen LogP contribution in [0, 0.1) is 26.7 Å². The van der Waals surface area contributed by atoms with E-state index in [2.05, 4.69) is 0 Å². The summed E-state index contributed by atoms with van der Waals surface area (Å²) in [5.41, 5.74) is 8.75. The van der Waals surface area contributed by atoms with Crippen LogP contribution in [0.4, 0.5) is 5.69 Å². The molecule has 5 nitrogen and oxygen atoms in total. The number of piperidine rings is 1. The van der Waals surface area contributed by atoms with Gasteiger partial charge in [-0.05, 0) is 62.3 Å². The van der Waals surface area contributed by atoms with Gasteiger partial charge < -0.3 is 10.8 Å². The van der Waals surface area contributed by atoms with Crippen LogP contribution in [0.25, 0.3) is 0 Å². The number of nitrogens with zero attached hydrogens (tertiary/aromatic N) is 1. The highest BCUT2D eigenvalue weighted by atomic mass is 32.2. The SMILES string of the molecule is Cc1cc(N)c(C)c(S(=O)(=O)N2CCC(CO)CC2)c1C. The van der Waals surface area contributed by atoms with Gasteiger partial charge in [-0.25, -0.2) is 8.42 Å². The number of nitrogens with two attached hydrogens (primary N) is 1. The summed E-state index contributed by atoms with van der Waals surface area (Å²) in [7, 11) is -3.53. The molecule has 0 radical (unpaired) electrons. The third kappa shape index (κ3) is 2.93. The number of sulfonamides is 1. The first-order valence-electron chi connectivity index (χ1n) is 7.26. The van der Waals surface area contributed by atoms with Gasteiger partial charge in [0.1, 0.15) is 0 Å². The van der Waals surface area contributed by atoms with Crippen LogP contribution in [-0.4, -0.2) is 37.5 Å². The summed E-state index contributed by atoms with van der Waals surface area (Å²) in [4.78, 5) is 0.349. The Bertz CT molecular complexity index is 607. The minimum Gasteiger partial charge on any atom is -0.398 e. The number of anilines is 1. The Kier molecular flexibility index (Phi) is 4.60. The summed E-state index contributed by atoms with van der Waals surface area (Å²) in [6.07, 6.45) is 1.41. The van der Waals surface area contributed by atoms with E-state index in [4.69, 9.17) is 5.73 Å². The summed E-state index contributed by atoms with van der Waals surface area (Å²) in [5, 5.41) is 9.17. The Morgan fingerprint density at radius 1 is 1.24 bits per heavy atom. The molecular formula is C15H24N2O3S. The zero-order chi connectivity index (χ0) is 15.8. The van der Waals surface area contributed by atoms with Gasteiger partial charge in [0.05, 0.1) is 4.90 Å². The number of aliphatic hydroxyl groups excluding tert-OH is 1. The van der Waals surface area contributed by atoms with Crippen LogP contribution in [0.15, 0.2) is 11.0 Å². The summed E-state index contributed by atoms with van der Waals surface area (Å²) >= 11 is 0. The summed E-state index contributed by atoms with van der Waals surface area (Å²) in [6, 6.07) is 1.82. The van der Waals surface area contributed by atoms with Crippen molar-refractivity contribution < 1.29 is 13.5 Å². The Morgan fingerprint density at radius 2 is 1.81 bits per heavy atom. The molecule has 1 aromatic rings. The third-order valence-electron chi connectivity index (χ3n) is 4.51. The minimum atomic E-state index is -3.53. The lowest BCUT2D eigenvalue weighted by Gasteiger charge is -2.31. The maximum absolute atomic E-state index is 12.9. The molecule has 1 aliphatic rings. The fraction of sp³-hybridized carbons (Fsp3) is 0.600. The van der Waals surface area contributed by atoms with E-state index in [1.807, 2.05) is 19.9 Å². The molecule has 1 aliphatic heterocycles. The fourth-order valence-corrected chi connectivity index (χ4v) is 4.89. The van der Waals surface area contributed by atoms with Crippen molar-refractivity contribution in [2.75, 3.05) is 25.4 Å². The molecule has 1 heterocycles. The van der Waals surface area contributed by atoms with Gasteiger partial charge in [-0.3, -0.25) is 0 Å². The molecule has 2 rings (SSSR count). The Hall–Kier alpha value is -1.11. The van der Waals surface area contributed by atoms with Crippen molar-refractivity contribution in [3.8, 4) is 0 Å². The van der Waals surface area contributed by atoms with Gasteiger partial charge in [0, 0.05) is 25.4 Å². The van der Waals surface area contributed by atoms with E-state index in [9.17, 15) is 13.5 Å². The van der Waals surface area contributed by atoms with Gasteiger partial charge in [0.25, 0.3) is 0 Å². The number of hydrogen-bond donors (Lipinski definition) is 2. The summed E-state index contributed by atoms with van der Waals surface area (Å²) in [5.74, 6) is 0.209. The van der Waals surface area contributed by atoms with Gasteiger partial charge in [-0.15, -0.1) is 0 Å². The molecule has 0 saturated carbocycles. The summed E-state index contributed by atoms with van der Waals surface area (Å²) < 4.78 is 27.4. The molecule has 0 amide bonds. The molecule has 1 aromatic carbocycles. The predicted molar refractivity (Wildman–Crippen MR) is 83.6 cm³/mol. The molecule has 3 N–H and O–H groups in total. The maximum Gasteiger partial charge on any atom is 0.243 e. The quantitative estimate of drug-likeness (QED) is 0.830. The zero-order valence-corrected chi connectivity index (χ0v) is 13.7. The molecule has 6 heteroatoms. The van der Waals surface area contributed by atoms with E-state index >= 15 is 0 Å². The maximum atomic E-state index is 12.9. The number of aliphatic hydroxyl groups is 1. The van der Waals surface area contributed by atoms with Crippen molar-refractivity contribution in [1.82, 2.24) is 4.31 Å². The zero-order valence-electron chi connectivity index (χ0n) is 12.9. The first-order chi connectivity index (χ1) is 9.78. The van der Waals surface area contributed by atoms with Crippen LogP contribution >= 0.6 is 0 Å². The number of hydrogen-bond acceptors (Lipinski definition) is 4. The largest absolute Gasteiger partial charge is 0.398 e. The van der Waals surface area contributed by atoms with E-state index in [1.54, 1.807) is 6.92 Å². The standard InChI is InChI=1S/C15H24N2O3S/c1-10-8-14(16)12(3)15(11(10)2)21(19,20)17-6-4-13(9-18)5-7-17/h8,13,18H,4-7,9,16H2,1-3H3. The second-order valence-corrected chi connectivity index (χ2v) is 7.77. The molecule has 21 heavy (non-hydrogen) atoms. The van der Waals surface area contributed by atoms with Crippen LogP contribution in [0.2, 0.25) is 0 Å². The molecule has 0 aromatic heterocycles. The Morgan fingerprint density at radius 3 is 2.33 bits per heavy atom.